The van der Waals surface area contributed by atoms with Crippen molar-refractivity contribution in [2.24, 2.45) is 5.92 Å². The van der Waals surface area contributed by atoms with E-state index in [-0.39, 0.29) is 0 Å². The molecule has 1 aromatic rings. The molecule has 17 heavy (non-hydrogen) atoms. The van der Waals surface area contributed by atoms with Gasteiger partial charge in [-0.2, -0.15) is 0 Å². The standard InChI is InChI=1S/C16H23N/c1-11-6-12(2)8-13(7-11)16(3)9-14(16)10-17-15-4-5-15/h6-8,14-15,17H,4-5,9-10H2,1-3H3. The number of aryl methyl sites for hydroxylation is 2. The van der Waals surface area contributed by atoms with Crippen LogP contribution in [-0.4, -0.2) is 12.6 Å². The Morgan fingerprint density at radius 1 is 1.18 bits per heavy atom. The zero-order valence-corrected chi connectivity index (χ0v) is 11.2. The number of rotatable bonds is 4. The Kier molecular flexibility index (Phi) is 2.55. The van der Waals surface area contributed by atoms with Crippen molar-refractivity contribution in [2.45, 2.75) is 51.5 Å². The fourth-order valence-corrected chi connectivity index (χ4v) is 3.00. The van der Waals surface area contributed by atoms with Gasteiger partial charge in [-0.05, 0) is 56.6 Å². The minimum absolute atomic E-state index is 0.443. The molecular formula is C16H23N. The zero-order valence-electron chi connectivity index (χ0n) is 11.2. The minimum atomic E-state index is 0.443. The molecule has 3 rings (SSSR count). The van der Waals surface area contributed by atoms with Crippen LogP contribution in [0.5, 0.6) is 0 Å². The number of benzene rings is 1. The quantitative estimate of drug-likeness (QED) is 0.835. The number of hydrogen-bond donors (Lipinski definition) is 1. The van der Waals surface area contributed by atoms with Crippen LogP contribution in [0.25, 0.3) is 0 Å². The third kappa shape index (κ3) is 2.26. The topological polar surface area (TPSA) is 12.0 Å². The van der Waals surface area contributed by atoms with Crippen molar-refractivity contribution >= 4 is 0 Å². The Balaban J connectivity index is 1.70. The predicted molar refractivity (Wildman–Crippen MR) is 72.4 cm³/mol. The molecule has 0 bridgehead atoms. The number of hydrogen-bond acceptors (Lipinski definition) is 1. The van der Waals surface area contributed by atoms with Crippen molar-refractivity contribution in [2.75, 3.05) is 6.54 Å². The zero-order chi connectivity index (χ0) is 12.0. The molecule has 1 heteroatoms. The lowest BCUT2D eigenvalue weighted by Gasteiger charge is -2.14. The monoisotopic (exact) mass is 229 g/mol. The van der Waals surface area contributed by atoms with Crippen LogP contribution < -0.4 is 5.32 Å². The Hall–Kier alpha value is -0.820. The largest absolute Gasteiger partial charge is 0.314 e. The maximum Gasteiger partial charge on any atom is 0.00683 e. The maximum atomic E-state index is 3.67. The van der Waals surface area contributed by atoms with E-state index < -0.39 is 0 Å². The highest BCUT2D eigenvalue weighted by Crippen LogP contribution is 2.54. The molecule has 2 aliphatic rings. The van der Waals surface area contributed by atoms with Crippen LogP contribution in [0.15, 0.2) is 18.2 Å². The molecule has 0 aliphatic heterocycles. The second kappa shape index (κ2) is 3.84. The first-order valence-corrected chi connectivity index (χ1v) is 6.90. The van der Waals surface area contributed by atoms with Gasteiger partial charge in [0.05, 0.1) is 0 Å². The Morgan fingerprint density at radius 3 is 2.41 bits per heavy atom. The van der Waals surface area contributed by atoms with Gasteiger partial charge in [0.25, 0.3) is 0 Å². The van der Waals surface area contributed by atoms with Crippen molar-refractivity contribution in [1.29, 1.82) is 0 Å². The second-order valence-electron chi connectivity index (χ2n) is 6.38. The molecule has 0 saturated heterocycles. The lowest BCUT2D eigenvalue weighted by molar-refractivity contribution is 0.575. The van der Waals surface area contributed by atoms with E-state index >= 15 is 0 Å². The highest BCUT2D eigenvalue weighted by Gasteiger charge is 2.51. The van der Waals surface area contributed by atoms with Crippen LogP contribution in [0.3, 0.4) is 0 Å². The van der Waals surface area contributed by atoms with Crippen LogP contribution in [0, 0.1) is 19.8 Å². The van der Waals surface area contributed by atoms with Gasteiger partial charge in [-0.15, -0.1) is 0 Å². The van der Waals surface area contributed by atoms with Crippen LogP contribution in [-0.2, 0) is 5.41 Å². The summed E-state index contributed by atoms with van der Waals surface area (Å²) >= 11 is 0. The lowest BCUT2D eigenvalue weighted by Crippen LogP contribution is -2.22. The summed E-state index contributed by atoms with van der Waals surface area (Å²) in [5, 5.41) is 3.67. The second-order valence-corrected chi connectivity index (χ2v) is 6.38. The van der Waals surface area contributed by atoms with E-state index in [1.165, 1.54) is 36.9 Å². The molecular weight excluding hydrogens is 206 g/mol. The highest BCUT2D eigenvalue weighted by molar-refractivity contribution is 5.38. The van der Waals surface area contributed by atoms with Gasteiger partial charge < -0.3 is 5.32 Å². The Labute approximate surface area is 105 Å². The molecule has 0 heterocycles. The van der Waals surface area contributed by atoms with Crippen molar-refractivity contribution in [1.82, 2.24) is 5.32 Å². The number of nitrogens with one attached hydrogen (secondary N) is 1. The maximum absolute atomic E-state index is 3.67. The summed E-state index contributed by atoms with van der Waals surface area (Å²) in [4.78, 5) is 0. The van der Waals surface area contributed by atoms with E-state index in [4.69, 9.17) is 0 Å². The van der Waals surface area contributed by atoms with Crippen LogP contribution in [0.4, 0.5) is 0 Å². The van der Waals surface area contributed by atoms with E-state index in [1.807, 2.05) is 0 Å². The highest BCUT2D eigenvalue weighted by atomic mass is 15.0. The molecule has 2 atom stereocenters. The van der Waals surface area contributed by atoms with E-state index in [2.05, 4.69) is 44.3 Å². The first-order valence-electron chi connectivity index (χ1n) is 6.90. The fraction of sp³-hybridized carbons (Fsp3) is 0.625. The van der Waals surface area contributed by atoms with Gasteiger partial charge in [-0.25, -0.2) is 0 Å². The first kappa shape index (κ1) is 11.3. The summed E-state index contributed by atoms with van der Waals surface area (Å²) < 4.78 is 0. The van der Waals surface area contributed by atoms with Crippen LogP contribution in [0.1, 0.15) is 42.9 Å². The van der Waals surface area contributed by atoms with Crippen LogP contribution in [0.2, 0.25) is 0 Å². The van der Waals surface area contributed by atoms with E-state index in [1.54, 1.807) is 5.56 Å². The van der Waals surface area contributed by atoms with Gasteiger partial charge in [0.2, 0.25) is 0 Å². The molecule has 2 unspecified atom stereocenters. The summed E-state index contributed by atoms with van der Waals surface area (Å²) in [6.07, 6.45) is 4.15. The van der Waals surface area contributed by atoms with Crippen molar-refractivity contribution in [3.8, 4) is 0 Å². The molecule has 0 aromatic heterocycles. The van der Waals surface area contributed by atoms with Gasteiger partial charge in [0.15, 0.2) is 0 Å². The minimum Gasteiger partial charge on any atom is -0.314 e. The molecule has 1 aromatic carbocycles. The van der Waals surface area contributed by atoms with Gasteiger partial charge in [-0.3, -0.25) is 0 Å². The normalized spacial score (nSPS) is 31.6. The van der Waals surface area contributed by atoms with E-state index in [9.17, 15) is 0 Å². The van der Waals surface area contributed by atoms with Gasteiger partial charge >= 0.3 is 0 Å². The molecule has 0 spiro atoms. The summed E-state index contributed by atoms with van der Waals surface area (Å²) in [6.45, 7) is 8.06. The molecule has 0 radical (unpaired) electrons. The molecule has 0 amide bonds. The van der Waals surface area contributed by atoms with Gasteiger partial charge in [0.1, 0.15) is 0 Å². The van der Waals surface area contributed by atoms with Crippen LogP contribution >= 0.6 is 0 Å². The fourth-order valence-electron chi connectivity index (χ4n) is 3.00. The Bertz CT molecular complexity index is 413. The summed E-state index contributed by atoms with van der Waals surface area (Å²) in [5.41, 5.74) is 4.81. The molecule has 2 fully saturated rings. The summed E-state index contributed by atoms with van der Waals surface area (Å²) in [6, 6.07) is 7.88. The molecule has 2 saturated carbocycles. The lowest BCUT2D eigenvalue weighted by atomic mass is 9.92. The average molecular weight is 229 g/mol. The van der Waals surface area contributed by atoms with Crippen molar-refractivity contribution in [3.05, 3.63) is 34.9 Å². The van der Waals surface area contributed by atoms with Gasteiger partial charge in [0, 0.05) is 6.04 Å². The molecule has 92 valence electrons. The predicted octanol–water partition coefficient (Wildman–Crippen LogP) is 3.33. The van der Waals surface area contributed by atoms with E-state index in [0.29, 0.717) is 5.41 Å². The third-order valence-corrected chi connectivity index (χ3v) is 4.52. The smallest absolute Gasteiger partial charge is 0.00683 e. The van der Waals surface area contributed by atoms with Crippen molar-refractivity contribution in [3.63, 3.8) is 0 Å². The summed E-state index contributed by atoms with van der Waals surface area (Å²) in [7, 11) is 0. The summed E-state index contributed by atoms with van der Waals surface area (Å²) in [5.74, 6) is 0.851. The first-order chi connectivity index (χ1) is 8.08. The van der Waals surface area contributed by atoms with Gasteiger partial charge in [-0.1, -0.05) is 36.2 Å². The molecule has 1 nitrogen and oxygen atoms in total. The average Bonchev–Trinajstić information content (AvgIpc) is 3.11. The van der Waals surface area contributed by atoms with Crippen molar-refractivity contribution < 1.29 is 0 Å². The van der Waals surface area contributed by atoms with E-state index in [0.717, 1.165) is 12.0 Å². The Morgan fingerprint density at radius 2 is 1.82 bits per heavy atom. The SMILES string of the molecule is Cc1cc(C)cc(C2(C)CC2CNC2CC2)c1. The third-order valence-electron chi connectivity index (χ3n) is 4.52. The molecule has 2 aliphatic carbocycles. The molecule has 1 N–H and O–H groups in total.